The summed E-state index contributed by atoms with van der Waals surface area (Å²) in [6.07, 6.45) is 5.29. The third kappa shape index (κ3) is 12.8. The summed E-state index contributed by atoms with van der Waals surface area (Å²) in [6.45, 7) is 4.17. The van der Waals surface area contributed by atoms with E-state index in [2.05, 4.69) is 6.92 Å². The standard InChI is InChI=1S/C43H49F3O6/c1-3-5-7-9-10-11-12-14-16-40(47)50-37-25-21-31(22-26-37)32-23-27-38(28-24-32)51-41(48)35-19-17-34-30-36(20-18-33(34)29-35)42(49)52-39(43(44,45)46)15-13-8-6-4-2/h17-30,39H,3-16H2,1-2H3. The van der Waals surface area contributed by atoms with Gasteiger partial charge in [0.25, 0.3) is 0 Å². The van der Waals surface area contributed by atoms with E-state index < -0.39 is 24.2 Å². The van der Waals surface area contributed by atoms with Crippen molar-refractivity contribution in [2.75, 3.05) is 0 Å². The van der Waals surface area contributed by atoms with E-state index in [-0.39, 0.29) is 23.5 Å². The molecule has 6 nitrogen and oxygen atoms in total. The van der Waals surface area contributed by atoms with E-state index in [1.165, 1.54) is 50.3 Å². The summed E-state index contributed by atoms with van der Waals surface area (Å²) in [6, 6.07) is 23.4. The molecule has 0 saturated heterocycles. The van der Waals surface area contributed by atoms with Crippen molar-refractivity contribution >= 4 is 28.7 Å². The molecular formula is C43H49F3O6. The second kappa shape index (κ2) is 20.4. The van der Waals surface area contributed by atoms with Gasteiger partial charge >= 0.3 is 24.1 Å². The molecule has 4 rings (SSSR count). The van der Waals surface area contributed by atoms with Crippen LogP contribution in [0.3, 0.4) is 0 Å². The summed E-state index contributed by atoms with van der Waals surface area (Å²) in [4.78, 5) is 37.9. The van der Waals surface area contributed by atoms with Crippen LogP contribution in [0.2, 0.25) is 0 Å². The van der Waals surface area contributed by atoms with Gasteiger partial charge in [0.05, 0.1) is 11.1 Å². The van der Waals surface area contributed by atoms with Crippen LogP contribution < -0.4 is 9.47 Å². The van der Waals surface area contributed by atoms with E-state index >= 15 is 0 Å². The normalized spacial score (nSPS) is 12.0. The smallest absolute Gasteiger partial charge is 0.425 e. The van der Waals surface area contributed by atoms with Crippen LogP contribution >= 0.6 is 0 Å². The second-order valence-electron chi connectivity index (χ2n) is 13.2. The predicted octanol–water partition coefficient (Wildman–Crippen LogP) is 12.2. The lowest BCUT2D eigenvalue weighted by atomic mass is 10.0. The average molecular weight is 719 g/mol. The van der Waals surface area contributed by atoms with Crippen molar-refractivity contribution in [3.05, 3.63) is 96.1 Å². The van der Waals surface area contributed by atoms with Gasteiger partial charge in [-0.2, -0.15) is 13.2 Å². The van der Waals surface area contributed by atoms with Gasteiger partial charge in [-0.1, -0.05) is 114 Å². The molecule has 9 heteroatoms. The third-order valence-corrected chi connectivity index (χ3v) is 8.96. The van der Waals surface area contributed by atoms with Crippen molar-refractivity contribution in [3.63, 3.8) is 0 Å². The number of hydrogen-bond acceptors (Lipinski definition) is 6. The van der Waals surface area contributed by atoms with Crippen LogP contribution in [-0.4, -0.2) is 30.2 Å². The van der Waals surface area contributed by atoms with Gasteiger partial charge in [0, 0.05) is 6.42 Å². The SMILES string of the molecule is CCCCCCCCCCC(=O)Oc1ccc(-c2ccc(OC(=O)c3ccc4cc(C(=O)OC(CCCCCC)C(F)(F)F)ccc4c3)cc2)cc1. The lowest BCUT2D eigenvalue weighted by Gasteiger charge is -2.20. The Hall–Kier alpha value is -4.66. The number of hydrogen-bond donors (Lipinski definition) is 0. The van der Waals surface area contributed by atoms with Gasteiger partial charge in [-0.25, -0.2) is 9.59 Å². The fourth-order valence-corrected chi connectivity index (χ4v) is 5.93. The molecule has 0 aliphatic heterocycles. The van der Waals surface area contributed by atoms with E-state index in [0.717, 1.165) is 43.2 Å². The summed E-state index contributed by atoms with van der Waals surface area (Å²) in [5.41, 5.74) is 2.05. The minimum atomic E-state index is -4.65. The zero-order valence-corrected chi connectivity index (χ0v) is 30.1. The van der Waals surface area contributed by atoms with E-state index in [9.17, 15) is 27.6 Å². The summed E-state index contributed by atoms with van der Waals surface area (Å²) in [7, 11) is 0. The first-order valence-corrected chi connectivity index (χ1v) is 18.5. The number of unbranched alkanes of at least 4 members (excludes halogenated alkanes) is 10. The van der Waals surface area contributed by atoms with Gasteiger partial charge in [-0.05, 0) is 89.7 Å². The summed E-state index contributed by atoms with van der Waals surface area (Å²) in [5.74, 6) is -1.03. The molecule has 0 spiro atoms. The number of benzene rings is 4. The molecule has 0 amide bonds. The Morgan fingerprint density at radius 2 is 1.02 bits per heavy atom. The van der Waals surface area contributed by atoms with Crippen LogP contribution in [0.15, 0.2) is 84.9 Å². The molecule has 52 heavy (non-hydrogen) atoms. The zero-order valence-electron chi connectivity index (χ0n) is 30.1. The number of fused-ring (bicyclic) bond motifs is 1. The van der Waals surface area contributed by atoms with Crippen LogP contribution in [0.5, 0.6) is 11.5 Å². The highest BCUT2D eigenvalue weighted by atomic mass is 19.4. The van der Waals surface area contributed by atoms with Crippen molar-refractivity contribution in [2.45, 2.75) is 116 Å². The Balaban J connectivity index is 1.27. The Morgan fingerprint density at radius 1 is 0.558 bits per heavy atom. The lowest BCUT2D eigenvalue weighted by molar-refractivity contribution is -0.206. The van der Waals surface area contributed by atoms with Crippen LogP contribution in [0.25, 0.3) is 21.9 Å². The number of halogens is 3. The Labute approximate surface area is 304 Å². The lowest BCUT2D eigenvalue weighted by Crippen LogP contribution is -2.33. The number of carbonyl (C=O) groups excluding carboxylic acids is 3. The van der Waals surface area contributed by atoms with E-state index in [1.54, 1.807) is 42.5 Å². The van der Waals surface area contributed by atoms with Gasteiger partial charge < -0.3 is 14.2 Å². The van der Waals surface area contributed by atoms with Crippen LogP contribution in [0.1, 0.15) is 124 Å². The fraction of sp³-hybridized carbons (Fsp3) is 0.419. The first kappa shape index (κ1) is 40.1. The highest BCUT2D eigenvalue weighted by molar-refractivity contribution is 5.99. The minimum absolute atomic E-state index is 0.00420. The topological polar surface area (TPSA) is 78.9 Å². The van der Waals surface area contributed by atoms with Crippen LogP contribution in [0.4, 0.5) is 13.2 Å². The molecular weight excluding hydrogens is 669 g/mol. The van der Waals surface area contributed by atoms with Gasteiger partial charge in [0.15, 0.2) is 6.10 Å². The second-order valence-corrected chi connectivity index (χ2v) is 13.2. The van der Waals surface area contributed by atoms with Gasteiger partial charge in [0.1, 0.15) is 11.5 Å². The number of ether oxygens (including phenoxy) is 3. The maximum absolute atomic E-state index is 13.5. The summed E-state index contributed by atoms with van der Waals surface area (Å²) < 4.78 is 56.5. The average Bonchev–Trinajstić information content (AvgIpc) is 3.13. The Kier molecular flexibility index (Phi) is 15.7. The summed E-state index contributed by atoms with van der Waals surface area (Å²) >= 11 is 0. The number of esters is 3. The number of alkyl halides is 3. The molecule has 0 aliphatic rings. The van der Waals surface area contributed by atoms with Crippen molar-refractivity contribution in [2.24, 2.45) is 0 Å². The number of rotatable bonds is 20. The molecule has 278 valence electrons. The predicted molar refractivity (Wildman–Crippen MR) is 198 cm³/mol. The van der Waals surface area contributed by atoms with Crippen molar-refractivity contribution in [1.29, 1.82) is 0 Å². The van der Waals surface area contributed by atoms with Crippen molar-refractivity contribution in [3.8, 4) is 22.6 Å². The first-order valence-electron chi connectivity index (χ1n) is 18.5. The highest BCUT2D eigenvalue weighted by Crippen LogP contribution is 2.29. The Bertz CT molecular complexity index is 1730. The molecule has 0 aromatic heterocycles. The quantitative estimate of drug-likeness (QED) is 0.0514. The summed E-state index contributed by atoms with van der Waals surface area (Å²) in [5, 5.41) is 1.17. The Morgan fingerprint density at radius 3 is 1.54 bits per heavy atom. The molecule has 4 aromatic rings. The molecule has 0 fully saturated rings. The molecule has 0 bridgehead atoms. The van der Waals surface area contributed by atoms with Crippen molar-refractivity contribution < 1.29 is 41.8 Å². The maximum Gasteiger partial charge on any atom is 0.425 e. The largest absolute Gasteiger partial charge is 0.449 e. The van der Waals surface area contributed by atoms with E-state index in [0.29, 0.717) is 41.5 Å². The third-order valence-electron chi connectivity index (χ3n) is 8.96. The van der Waals surface area contributed by atoms with Gasteiger partial charge in [0.2, 0.25) is 0 Å². The molecule has 1 atom stereocenters. The maximum atomic E-state index is 13.5. The molecule has 0 aliphatic carbocycles. The molecule has 0 heterocycles. The molecule has 0 N–H and O–H groups in total. The number of carbonyl (C=O) groups is 3. The fourth-order valence-electron chi connectivity index (χ4n) is 5.93. The zero-order chi connectivity index (χ0) is 37.3. The molecule has 1 unspecified atom stereocenters. The van der Waals surface area contributed by atoms with E-state index in [1.807, 2.05) is 31.2 Å². The van der Waals surface area contributed by atoms with Gasteiger partial charge in [-0.15, -0.1) is 0 Å². The molecule has 4 aromatic carbocycles. The molecule has 0 radical (unpaired) electrons. The van der Waals surface area contributed by atoms with Crippen molar-refractivity contribution in [1.82, 2.24) is 0 Å². The van der Waals surface area contributed by atoms with Crippen LogP contribution in [0, 0.1) is 0 Å². The first-order chi connectivity index (χ1) is 25.1. The molecule has 0 saturated carbocycles. The van der Waals surface area contributed by atoms with E-state index in [4.69, 9.17) is 14.2 Å². The minimum Gasteiger partial charge on any atom is -0.449 e. The van der Waals surface area contributed by atoms with Crippen LogP contribution in [-0.2, 0) is 9.53 Å². The monoisotopic (exact) mass is 718 g/mol. The highest BCUT2D eigenvalue weighted by Gasteiger charge is 2.42. The van der Waals surface area contributed by atoms with Gasteiger partial charge in [-0.3, -0.25) is 4.79 Å².